The molecule has 2 N–H and O–H groups in total. The number of rotatable bonds is 4. The first-order valence-corrected chi connectivity index (χ1v) is 5.21. The Labute approximate surface area is 89.4 Å². The first-order valence-electron chi connectivity index (χ1n) is 5.21. The van der Waals surface area contributed by atoms with E-state index in [9.17, 15) is 9.59 Å². The molecule has 1 fully saturated rings. The fraction of sp³-hybridized carbons (Fsp3) is 0.800. The molecule has 1 amide bonds. The van der Waals surface area contributed by atoms with Gasteiger partial charge in [-0.05, 0) is 26.8 Å². The highest BCUT2D eigenvalue weighted by atomic mass is 16.4. The van der Waals surface area contributed by atoms with Gasteiger partial charge in [-0.3, -0.25) is 4.79 Å². The number of nitrogens with zero attached hydrogens (tertiary/aromatic N) is 1. The second-order valence-electron chi connectivity index (χ2n) is 4.08. The zero-order chi connectivity index (χ0) is 11.5. The van der Waals surface area contributed by atoms with Crippen molar-refractivity contribution in [2.75, 3.05) is 20.1 Å². The van der Waals surface area contributed by atoms with E-state index in [1.807, 2.05) is 0 Å². The van der Waals surface area contributed by atoms with Gasteiger partial charge in [0.05, 0.1) is 0 Å². The van der Waals surface area contributed by atoms with Crippen LogP contribution in [0.3, 0.4) is 0 Å². The number of likely N-dealkylation sites (tertiary alicyclic amines) is 1. The molecule has 0 aliphatic carbocycles. The van der Waals surface area contributed by atoms with Gasteiger partial charge in [0.25, 0.3) is 0 Å². The minimum Gasteiger partial charge on any atom is -0.480 e. The number of aliphatic carboxylic acids is 1. The lowest BCUT2D eigenvalue weighted by atomic mass is 9.99. The first-order chi connectivity index (χ1) is 7.02. The van der Waals surface area contributed by atoms with E-state index in [0.29, 0.717) is 25.9 Å². The van der Waals surface area contributed by atoms with Crippen LogP contribution >= 0.6 is 0 Å². The van der Waals surface area contributed by atoms with Gasteiger partial charge in [-0.1, -0.05) is 0 Å². The molecule has 1 heterocycles. The van der Waals surface area contributed by atoms with Gasteiger partial charge in [-0.2, -0.15) is 0 Å². The van der Waals surface area contributed by atoms with E-state index < -0.39 is 11.5 Å². The number of hydrogen-bond acceptors (Lipinski definition) is 3. The predicted molar refractivity (Wildman–Crippen MR) is 55.5 cm³/mol. The number of hydrogen-bond donors (Lipinski definition) is 2. The second kappa shape index (κ2) is 4.61. The molecular formula is C10H18N2O3. The summed E-state index contributed by atoms with van der Waals surface area (Å²) in [6.45, 7) is 2.77. The van der Waals surface area contributed by atoms with Crippen LogP contribution in [-0.4, -0.2) is 47.6 Å². The monoisotopic (exact) mass is 214 g/mol. The average Bonchev–Trinajstić information content (AvgIpc) is 2.58. The minimum absolute atomic E-state index is 0.0771. The van der Waals surface area contributed by atoms with Gasteiger partial charge in [0.1, 0.15) is 5.54 Å². The van der Waals surface area contributed by atoms with Crippen molar-refractivity contribution in [2.45, 2.75) is 31.7 Å². The van der Waals surface area contributed by atoms with Crippen LogP contribution in [0.15, 0.2) is 0 Å². The van der Waals surface area contributed by atoms with Crippen molar-refractivity contribution in [3.05, 3.63) is 0 Å². The smallest absolute Gasteiger partial charge is 0.329 e. The summed E-state index contributed by atoms with van der Waals surface area (Å²) in [7, 11) is 1.77. The van der Waals surface area contributed by atoms with Crippen molar-refractivity contribution in [3.63, 3.8) is 0 Å². The standard InChI is InChI=1S/C10H18N2O3/c1-10(9(14)15)5-3-7-12(10)8(13)4-6-11-2/h11H,3-7H2,1-2H3,(H,14,15). The molecule has 15 heavy (non-hydrogen) atoms. The summed E-state index contributed by atoms with van der Waals surface area (Å²) in [6, 6.07) is 0. The Morgan fingerprint density at radius 3 is 2.73 bits per heavy atom. The molecule has 1 rings (SSSR count). The van der Waals surface area contributed by atoms with E-state index in [-0.39, 0.29) is 5.91 Å². The average molecular weight is 214 g/mol. The minimum atomic E-state index is -0.995. The molecule has 0 bridgehead atoms. The summed E-state index contributed by atoms with van der Waals surface area (Å²) in [4.78, 5) is 24.3. The number of nitrogens with one attached hydrogen (secondary N) is 1. The lowest BCUT2D eigenvalue weighted by Crippen LogP contribution is -2.51. The van der Waals surface area contributed by atoms with Crippen molar-refractivity contribution in [2.24, 2.45) is 0 Å². The third-order valence-corrected chi connectivity index (χ3v) is 2.99. The zero-order valence-electron chi connectivity index (χ0n) is 9.25. The van der Waals surface area contributed by atoms with Gasteiger partial charge in [0, 0.05) is 19.5 Å². The van der Waals surface area contributed by atoms with E-state index in [2.05, 4.69) is 5.32 Å². The summed E-state index contributed by atoms with van der Waals surface area (Å²) in [5, 5.41) is 12.0. The van der Waals surface area contributed by atoms with E-state index >= 15 is 0 Å². The number of carbonyl (C=O) groups excluding carboxylic acids is 1. The van der Waals surface area contributed by atoms with E-state index in [1.54, 1.807) is 14.0 Å². The van der Waals surface area contributed by atoms with E-state index in [4.69, 9.17) is 5.11 Å². The quantitative estimate of drug-likeness (QED) is 0.694. The fourth-order valence-corrected chi connectivity index (χ4v) is 1.95. The fourth-order valence-electron chi connectivity index (χ4n) is 1.95. The maximum atomic E-state index is 11.7. The van der Waals surface area contributed by atoms with Crippen LogP contribution < -0.4 is 5.32 Å². The predicted octanol–water partition coefficient (Wildman–Crippen LogP) is 0.0616. The van der Waals surface area contributed by atoms with Crippen molar-refractivity contribution >= 4 is 11.9 Å². The van der Waals surface area contributed by atoms with E-state index in [0.717, 1.165) is 6.42 Å². The molecule has 1 aliphatic heterocycles. The maximum Gasteiger partial charge on any atom is 0.329 e. The third-order valence-electron chi connectivity index (χ3n) is 2.99. The first kappa shape index (κ1) is 12.0. The Hall–Kier alpha value is -1.10. The molecule has 86 valence electrons. The Morgan fingerprint density at radius 2 is 2.20 bits per heavy atom. The highest BCUT2D eigenvalue weighted by Crippen LogP contribution is 2.29. The van der Waals surface area contributed by atoms with Gasteiger partial charge in [0.15, 0.2) is 0 Å². The number of amides is 1. The topological polar surface area (TPSA) is 69.6 Å². The normalized spacial score (nSPS) is 25.6. The van der Waals surface area contributed by atoms with Gasteiger partial charge < -0.3 is 15.3 Å². The highest BCUT2D eigenvalue weighted by Gasteiger charge is 2.45. The molecule has 0 aromatic heterocycles. The molecular weight excluding hydrogens is 196 g/mol. The summed E-state index contributed by atoms with van der Waals surface area (Å²) >= 11 is 0. The van der Waals surface area contributed by atoms with Gasteiger partial charge in [-0.15, -0.1) is 0 Å². The Kier molecular flexibility index (Phi) is 3.68. The van der Waals surface area contributed by atoms with E-state index in [1.165, 1.54) is 4.90 Å². The van der Waals surface area contributed by atoms with Gasteiger partial charge in [0.2, 0.25) is 5.91 Å². The molecule has 1 aliphatic rings. The summed E-state index contributed by atoms with van der Waals surface area (Å²) in [5.74, 6) is -0.982. The van der Waals surface area contributed by atoms with Gasteiger partial charge >= 0.3 is 5.97 Å². The van der Waals surface area contributed by atoms with Crippen molar-refractivity contribution in [1.82, 2.24) is 10.2 Å². The number of carboxylic acid groups (broad SMARTS) is 1. The molecule has 0 spiro atoms. The van der Waals surface area contributed by atoms with Crippen molar-refractivity contribution < 1.29 is 14.7 Å². The van der Waals surface area contributed by atoms with Crippen LogP contribution in [0, 0.1) is 0 Å². The summed E-state index contributed by atoms with van der Waals surface area (Å²) in [5.41, 5.74) is -0.995. The lowest BCUT2D eigenvalue weighted by molar-refractivity contribution is -0.155. The summed E-state index contributed by atoms with van der Waals surface area (Å²) < 4.78 is 0. The second-order valence-corrected chi connectivity index (χ2v) is 4.08. The molecule has 5 nitrogen and oxygen atoms in total. The number of carboxylic acids is 1. The van der Waals surface area contributed by atoms with Crippen LogP contribution in [0.25, 0.3) is 0 Å². The molecule has 0 aromatic rings. The van der Waals surface area contributed by atoms with Crippen LogP contribution in [0.1, 0.15) is 26.2 Å². The van der Waals surface area contributed by atoms with Crippen LogP contribution in [0.4, 0.5) is 0 Å². The Bertz CT molecular complexity index is 267. The highest BCUT2D eigenvalue weighted by molar-refractivity contribution is 5.87. The van der Waals surface area contributed by atoms with Crippen molar-refractivity contribution in [1.29, 1.82) is 0 Å². The third kappa shape index (κ3) is 2.28. The maximum absolute atomic E-state index is 11.7. The molecule has 0 radical (unpaired) electrons. The molecule has 0 aromatic carbocycles. The largest absolute Gasteiger partial charge is 0.480 e. The molecule has 0 saturated carbocycles. The lowest BCUT2D eigenvalue weighted by Gasteiger charge is -2.31. The van der Waals surface area contributed by atoms with Crippen molar-refractivity contribution in [3.8, 4) is 0 Å². The molecule has 5 heteroatoms. The number of carbonyl (C=O) groups is 2. The Morgan fingerprint density at radius 1 is 1.53 bits per heavy atom. The van der Waals surface area contributed by atoms with Crippen LogP contribution in [-0.2, 0) is 9.59 Å². The molecule has 1 unspecified atom stereocenters. The zero-order valence-corrected chi connectivity index (χ0v) is 9.25. The molecule has 1 saturated heterocycles. The summed E-state index contributed by atoms with van der Waals surface area (Å²) in [6.07, 6.45) is 1.68. The SMILES string of the molecule is CNCCC(=O)N1CCCC1(C)C(=O)O. The molecule has 1 atom stereocenters. The van der Waals surface area contributed by atoms with Crippen LogP contribution in [0.2, 0.25) is 0 Å². The van der Waals surface area contributed by atoms with Gasteiger partial charge in [-0.25, -0.2) is 4.79 Å². The Balaban J connectivity index is 2.68. The van der Waals surface area contributed by atoms with Crippen LogP contribution in [0.5, 0.6) is 0 Å².